The Morgan fingerprint density at radius 2 is 1.81 bits per heavy atom. The number of methoxy groups -OCH3 is 2. The van der Waals surface area contributed by atoms with Crippen molar-refractivity contribution in [1.82, 2.24) is 0 Å². The number of carbonyl (C=O) groups excluding carboxylic acids is 1. The largest absolute Gasteiger partial charge is 0.496 e. The Balaban J connectivity index is 3.30. The van der Waals surface area contributed by atoms with Gasteiger partial charge in [0.25, 0.3) is 0 Å². The second-order valence-electron chi connectivity index (χ2n) is 3.68. The average Bonchev–Trinajstić information content (AvgIpc) is 2.27. The van der Waals surface area contributed by atoms with E-state index >= 15 is 0 Å². The van der Waals surface area contributed by atoms with Crippen LogP contribution in [0.4, 0.5) is 0 Å². The van der Waals surface area contributed by atoms with E-state index in [9.17, 15) is 4.79 Å². The third-order valence-corrected chi connectivity index (χ3v) is 2.40. The Morgan fingerprint density at radius 3 is 2.25 bits per heavy atom. The number of nitrogens with two attached hydrogens (primary N) is 1. The highest BCUT2D eigenvalue weighted by molar-refractivity contribution is 6.02. The number of Topliss-reactive ketones (excluding diaryl/α,β-unsaturated/α-hetero) is 1. The van der Waals surface area contributed by atoms with Crippen molar-refractivity contribution in [3.05, 3.63) is 23.3 Å². The van der Waals surface area contributed by atoms with E-state index in [0.717, 1.165) is 5.56 Å². The number of carbonyl (C=O) groups is 1. The van der Waals surface area contributed by atoms with Gasteiger partial charge < -0.3 is 15.2 Å². The van der Waals surface area contributed by atoms with Crippen LogP contribution >= 0.6 is 0 Å². The topological polar surface area (TPSA) is 61.5 Å². The summed E-state index contributed by atoms with van der Waals surface area (Å²) in [7, 11) is 3.09. The molecule has 1 aromatic rings. The molecule has 0 aliphatic heterocycles. The summed E-state index contributed by atoms with van der Waals surface area (Å²) in [6.45, 7) is 3.54. The molecule has 0 aromatic heterocycles. The van der Waals surface area contributed by atoms with Crippen LogP contribution in [0.5, 0.6) is 11.5 Å². The molecular formula is C12H17NO3. The molecule has 0 saturated carbocycles. The van der Waals surface area contributed by atoms with Crippen molar-refractivity contribution < 1.29 is 14.3 Å². The van der Waals surface area contributed by atoms with Crippen molar-refractivity contribution in [3.8, 4) is 11.5 Å². The predicted molar refractivity (Wildman–Crippen MR) is 62.3 cm³/mol. The zero-order valence-corrected chi connectivity index (χ0v) is 10.0. The van der Waals surface area contributed by atoms with Gasteiger partial charge in [0.1, 0.15) is 11.5 Å². The van der Waals surface area contributed by atoms with E-state index in [1.54, 1.807) is 26.2 Å². The summed E-state index contributed by atoms with van der Waals surface area (Å²) in [6, 6.07) is 2.88. The zero-order valence-electron chi connectivity index (χ0n) is 10.0. The minimum absolute atomic E-state index is 0.157. The van der Waals surface area contributed by atoms with Gasteiger partial charge in [-0.1, -0.05) is 0 Å². The molecule has 0 heterocycles. The molecule has 1 rings (SSSR count). The number of hydrogen-bond donors (Lipinski definition) is 1. The molecule has 1 atom stereocenters. The van der Waals surface area contributed by atoms with Crippen LogP contribution in [0.15, 0.2) is 12.1 Å². The number of rotatable bonds is 4. The highest BCUT2D eigenvalue weighted by Gasteiger charge is 2.18. The minimum atomic E-state index is -0.554. The maximum absolute atomic E-state index is 11.8. The van der Waals surface area contributed by atoms with Gasteiger partial charge in [-0.25, -0.2) is 0 Å². The third kappa shape index (κ3) is 2.33. The summed E-state index contributed by atoms with van der Waals surface area (Å²) >= 11 is 0. The van der Waals surface area contributed by atoms with E-state index in [1.165, 1.54) is 7.11 Å². The predicted octanol–water partition coefficient (Wildman–Crippen LogP) is 1.54. The molecule has 2 N–H and O–H groups in total. The molecule has 0 fully saturated rings. The molecule has 4 heteroatoms. The number of aryl methyl sites for hydroxylation is 1. The van der Waals surface area contributed by atoms with E-state index in [4.69, 9.17) is 15.2 Å². The second-order valence-corrected chi connectivity index (χ2v) is 3.68. The highest BCUT2D eigenvalue weighted by atomic mass is 16.5. The number of hydrogen-bond acceptors (Lipinski definition) is 4. The molecule has 16 heavy (non-hydrogen) atoms. The molecule has 0 aliphatic carbocycles. The quantitative estimate of drug-likeness (QED) is 0.786. The summed E-state index contributed by atoms with van der Waals surface area (Å²) in [4.78, 5) is 11.8. The first-order valence-corrected chi connectivity index (χ1v) is 5.03. The van der Waals surface area contributed by atoms with Gasteiger partial charge in [-0.05, 0) is 31.5 Å². The van der Waals surface area contributed by atoms with Crippen LogP contribution in [-0.2, 0) is 0 Å². The lowest BCUT2D eigenvalue weighted by molar-refractivity contribution is 0.0964. The summed E-state index contributed by atoms with van der Waals surface area (Å²) in [5, 5.41) is 0. The lowest BCUT2D eigenvalue weighted by Gasteiger charge is -2.13. The first-order chi connectivity index (χ1) is 7.51. The first-order valence-electron chi connectivity index (χ1n) is 5.03. The molecule has 0 aliphatic rings. The lowest BCUT2D eigenvalue weighted by atomic mass is 10.0. The Hall–Kier alpha value is -1.55. The van der Waals surface area contributed by atoms with Gasteiger partial charge in [0, 0.05) is 0 Å². The molecule has 1 aromatic carbocycles. The van der Waals surface area contributed by atoms with Crippen LogP contribution in [0.25, 0.3) is 0 Å². The van der Waals surface area contributed by atoms with Gasteiger partial charge in [0.15, 0.2) is 5.78 Å². The van der Waals surface area contributed by atoms with Gasteiger partial charge in [0.2, 0.25) is 0 Å². The minimum Gasteiger partial charge on any atom is -0.496 e. The highest BCUT2D eigenvalue weighted by Crippen LogP contribution is 2.28. The fraction of sp³-hybridized carbons (Fsp3) is 0.417. The van der Waals surface area contributed by atoms with Crippen molar-refractivity contribution >= 4 is 5.78 Å². The Bertz CT molecular complexity index is 399. The van der Waals surface area contributed by atoms with E-state index in [-0.39, 0.29) is 5.78 Å². The van der Waals surface area contributed by atoms with Gasteiger partial charge in [-0.3, -0.25) is 4.79 Å². The van der Waals surface area contributed by atoms with Gasteiger partial charge in [-0.2, -0.15) is 0 Å². The van der Waals surface area contributed by atoms with Crippen LogP contribution in [-0.4, -0.2) is 26.0 Å². The van der Waals surface area contributed by atoms with Crippen LogP contribution in [0.3, 0.4) is 0 Å². The lowest BCUT2D eigenvalue weighted by Crippen LogP contribution is -2.27. The summed E-state index contributed by atoms with van der Waals surface area (Å²) in [5.41, 5.74) is 6.95. The second kappa shape index (κ2) is 4.99. The maximum atomic E-state index is 11.8. The van der Waals surface area contributed by atoms with Crippen LogP contribution in [0.2, 0.25) is 0 Å². The third-order valence-electron chi connectivity index (χ3n) is 2.40. The number of ether oxygens (including phenoxy) is 2. The Kier molecular flexibility index (Phi) is 3.90. The van der Waals surface area contributed by atoms with Crippen molar-refractivity contribution in [2.24, 2.45) is 5.73 Å². The number of benzene rings is 1. The molecule has 1 unspecified atom stereocenters. The summed E-state index contributed by atoms with van der Waals surface area (Å²) in [6.07, 6.45) is 0. The van der Waals surface area contributed by atoms with E-state index in [0.29, 0.717) is 17.1 Å². The maximum Gasteiger partial charge on any atom is 0.183 e. The smallest absolute Gasteiger partial charge is 0.183 e. The standard InChI is InChI=1S/C12H17NO3/c1-7-5-11(16-4)9(6-10(7)15-3)12(14)8(2)13/h5-6,8H,13H2,1-4H3. The molecule has 88 valence electrons. The van der Waals surface area contributed by atoms with Gasteiger partial charge in [0.05, 0.1) is 25.8 Å². The molecule has 0 bridgehead atoms. The van der Waals surface area contributed by atoms with E-state index in [2.05, 4.69) is 0 Å². The fourth-order valence-corrected chi connectivity index (χ4v) is 1.49. The van der Waals surface area contributed by atoms with Gasteiger partial charge >= 0.3 is 0 Å². The van der Waals surface area contributed by atoms with Crippen molar-refractivity contribution in [1.29, 1.82) is 0 Å². The molecular weight excluding hydrogens is 206 g/mol. The van der Waals surface area contributed by atoms with Crippen LogP contribution < -0.4 is 15.2 Å². The monoisotopic (exact) mass is 223 g/mol. The average molecular weight is 223 g/mol. The Morgan fingerprint density at radius 1 is 1.25 bits per heavy atom. The normalized spacial score (nSPS) is 12.1. The molecule has 4 nitrogen and oxygen atoms in total. The Labute approximate surface area is 95.3 Å². The van der Waals surface area contributed by atoms with Crippen molar-refractivity contribution in [3.63, 3.8) is 0 Å². The molecule has 0 saturated heterocycles. The van der Waals surface area contributed by atoms with E-state index in [1.807, 2.05) is 6.92 Å². The molecule has 0 amide bonds. The van der Waals surface area contributed by atoms with Gasteiger partial charge in [-0.15, -0.1) is 0 Å². The van der Waals surface area contributed by atoms with Crippen LogP contribution in [0.1, 0.15) is 22.8 Å². The van der Waals surface area contributed by atoms with E-state index < -0.39 is 6.04 Å². The fourth-order valence-electron chi connectivity index (χ4n) is 1.49. The molecule has 0 spiro atoms. The number of ketones is 1. The summed E-state index contributed by atoms with van der Waals surface area (Å²) < 4.78 is 10.3. The summed E-state index contributed by atoms with van der Waals surface area (Å²) in [5.74, 6) is 1.03. The van der Waals surface area contributed by atoms with Crippen LogP contribution in [0, 0.1) is 6.92 Å². The first kappa shape index (κ1) is 12.5. The SMILES string of the molecule is COc1cc(C(=O)C(C)N)c(OC)cc1C. The van der Waals surface area contributed by atoms with Crippen molar-refractivity contribution in [2.45, 2.75) is 19.9 Å². The van der Waals surface area contributed by atoms with Crippen molar-refractivity contribution in [2.75, 3.05) is 14.2 Å². The zero-order chi connectivity index (χ0) is 12.3. The molecule has 0 radical (unpaired) electrons.